The monoisotopic (exact) mass is 262 g/mol. The molecule has 1 aromatic heterocycles. The van der Waals surface area contributed by atoms with Crippen LogP contribution in [0.5, 0.6) is 0 Å². The number of nitrogens with one attached hydrogen (secondary N) is 1. The van der Waals surface area contributed by atoms with Gasteiger partial charge in [-0.2, -0.15) is 4.39 Å². The fraction of sp³-hybridized carbons (Fsp3) is 0.214. The van der Waals surface area contributed by atoms with Crippen molar-refractivity contribution in [3.05, 3.63) is 58.6 Å². The van der Waals surface area contributed by atoms with Gasteiger partial charge in [-0.25, -0.2) is 4.98 Å². The van der Waals surface area contributed by atoms with Crippen LogP contribution in [0.2, 0.25) is 5.02 Å². The van der Waals surface area contributed by atoms with Crippen molar-refractivity contribution in [3.8, 4) is 0 Å². The van der Waals surface area contributed by atoms with Crippen molar-refractivity contribution in [1.29, 1.82) is 0 Å². The summed E-state index contributed by atoms with van der Waals surface area (Å²) in [5, 5.41) is 4.14. The number of nitrogens with zero attached hydrogens (tertiary/aromatic N) is 1. The van der Waals surface area contributed by atoms with Crippen molar-refractivity contribution < 1.29 is 4.39 Å². The van der Waals surface area contributed by atoms with Crippen LogP contribution in [0.1, 0.15) is 11.1 Å². The van der Waals surface area contributed by atoms with E-state index in [1.807, 2.05) is 12.1 Å². The van der Waals surface area contributed by atoms with Crippen molar-refractivity contribution in [2.75, 3.05) is 5.32 Å². The SMILES string of the molecule is Fc1ccc(NC2Cc3ccc(Cl)cc3C2)cn1. The minimum atomic E-state index is -0.456. The third kappa shape index (κ3) is 2.31. The molecule has 1 atom stereocenters. The van der Waals surface area contributed by atoms with E-state index in [0.29, 0.717) is 6.04 Å². The third-order valence-corrected chi connectivity index (χ3v) is 3.43. The summed E-state index contributed by atoms with van der Waals surface area (Å²) < 4.78 is 12.7. The van der Waals surface area contributed by atoms with Gasteiger partial charge in [0.1, 0.15) is 0 Å². The third-order valence-electron chi connectivity index (χ3n) is 3.20. The summed E-state index contributed by atoms with van der Waals surface area (Å²) in [7, 11) is 0. The first kappa shape index (κ1) is 11.5. The number of hydrogen-bond acceptors (Lipinski definition) is 2. The number of fused-ring (bicyclic) bond motifs is 1. The van der Waals surface area contributed by atoms with E-state index in [2.05, 4.69) is 16.4 Å². The number of aromatic nitrogens is 1. The van der Waals surface area contributed by atoms with Crippen LogP contribution in [0.25, 0.3) is 0 Å². The number of benzene rings is 1. The summed E-state index contributed by atoms with van der Waals surface area (Å²) in [5.41, 5.74) is 3.46. The number of pyridine rings is 1. The highest BCUT2D eigenvalue weighted by Crippen LogP contribution is 2.27. The Kier molecular flexibility index (Phi) is 2.92. The summed E-state index contributed by atoms with van der Waals surface area (Å²) in [6.07, 6.45) is 3.42. The van der Waals surface area contributed by atoms with Gasteiger partial charge in [0, 0.05) is 11.1 Å². The van der Waals surface area contributed by atoms with Crippen molar-refractivity contribution in [3.63, 3.8) is 0 Å². The van der Waals surface area contributed by atoms with Crippen LogP contribution in [0.3, 0.4) is 0 Å². The van der Waals surface area contributed by atoms with Gasteiger partial charge >= 0.3 is 0 Å². The molecule has 2 aromatic rings. The summed E-state index contributed by atoms with van der Waals surface area (Å²) in [5.74, 6) is -0.456. The van der Waals surface area contributed by atoms with E-state index in [1.54, 1.807) is 6.07 Å². The average Bonchev–Trinajstić information content (AvgIpc) is 2.73. The lowest BCUT2D eigenvalue weighted by Gasteiger charge is -2.12. The fourth-order valence-electron chi connectivity index (χ4n) is 2.39. The molecule has 1 aromatic carbocycles. The van der Waals surface area contributed by atoms with Crippen LogP contribution in [-0.2, 0) is 12.8 Å². The maximum Gasteiger partial charge on any atom is 0.212 e. The van der Waals surface area contributed by atoms with Gasteiger partial charge in [0.2, 0.25) is 5.95 Å². The Labute approximate surface area is 110 Å². The van der Waals surface area contributed by atoms with E-state index >= 15 is 0 Å². The zero-order chi connectivity index (χ0) is 12.5. The fourth-order valence-corrected chi connectivity index (χ4v) is 2.58. The standard InChI is InChI=1S/C14H12ClFN2/c15-11-2-1-9-6-13(7-10(9)5-11)18-12-3-4-14(16)17-8-12/h1-5,8,13,18H,6-7H2. The van der Waals surface area contributed by atoms with Crippen molar-refractivity contribution in [2.45, 2.75) is 18.9 Å². The molecule has 0 amide bonds. The smallest absolute Gasteiger partial charge is 0.212 e. The zero-order valence-corrected chi connectivity index (χ0v) is 10.4. The van der Waals surface area contributed by atoms with Gasteiger partial charge in [0.15, 0.2) is 0 Å². The van der Waals surface area contributed by atoms with Crippen LogP contribution in [0.4, 0.5) is 10.1 Å². The Morgan fingerprint density at radius 2 is 2.00 bits per heavy atom. The molecule has 1 unspecified atom stereocenters. The van der Waals surface area contributed by atoms with E-state index in [4.69, 9.17) is 11.6 Å². The second-order valence-electron chi connectivity index (χ2n) is 4.53. The van der Waals surface area contributed by atoms with E-state index < -0.39 is 5.95 Å². The highest BCUT2D eigenvalue weighted by Gasteiger charge is 2.21. The molecule has 18 heavy (non-hydrogen) atoms. The average molecular weight is 263 g/mol. The molecule has 1 heterocycles. The summed E-state index contributed by atoms with van der Waals surface area (Å²) in [4.78, 5) is 3.63. The molecule has 0 radical (unpaired) electrons. The normalized spacial score (nSPS) is 17.6. The second kappa shape index (κ2) is 4.58. The van der Waals surface area contributed by atoms with E-state index in [-0.39, 0.29) is 0 Å². The Bertz CT molecular complexity index is 569. The lowest BCUT2D eigenvalue weighted by molar-refractivity contribution is 0.583. The molecule has 1 aliphatic carbocycles. The highest BCUT2D eigenvalue weighted by atomic mass is 35.5. The van der Waals surface area contributed by atoms with Crippen molar-refractivity contribution >= 4 is 17.3 Å². The van der Waals surface area contributed by atoms with Crippen LogP contribution >= 0.6 is 11.6 Å². The quantitative estimate of drug-likeness (QED) is 0.839. The molecule has 1 aliphatic rings. The molecule has 2 nitrogen and oxygen atoms in total. The van der Waals surface area contributed by atoms with E-state index in [9.17, 15) is 4.39 Å². The largest absolute Gasteiger partial charge is 0.380 e. The predicted octanol–water partition coefficient (Wildman–Crippen LogP) is 3.45. The van der Waals surface area contributed by atoms with Crippen molar-refractivity contribution in [1.82, 2.24) is 4.98 Å². The highest BCUT2D eigenvalue weighted by molar-refractivity contribution is 6.30. The molecule has 0 saturated heterocycles. The molecular formula is C14H12ClFN2. The van der Waals surface area contributed by atoms with Gasteiger partial charge in [0.05, 0.1) is 11.9 Å². The minimum Gasteiger partial charge on any atom is -0.380 e. The van der Waals surface area contributed by atoms with Crippen LogP contribution in [-0.4, -0.2) is 11.0 Å². The number of hydrogen-bond donors (Lipinski definition) is 1. The van der Waals surface area contributed by atoms with Gasteiger partial charge in [-0.05, 0) is 48.2 Å². The predicted molar refractivity (Wildman–Crippen MR) is 70.5 cm³/mol. The molecule has 0 aliphatic heterocycles. The first-order valence-corrected chi connectivity index (χ1v) is 6.24. The summed E-state index contributed by atoms with van der Waals surface area (Å²) >= 11 is 5.98. The molecule has 1 N–H and O–H groups in total. The number of anilines is 1. The topological polar surface area (TPSA) is 24.9 Å². The Hall–Kier alpha value is -1.61. The first-order chi connectivity index (χ1) is 8.70. The molecule has 92 valence electrons. The molecule has 0 saturated carbocycles. The maximum atomic E-state index is 12.7. The number of rotatable bonds is 2. The Morgan fingerprint density at radius 3 is 2.78 bits per heavy atom. The lowest BCUT2D eigenvalue weighted by atomic mass is 10.1. The molecule has 4 heteroatoms. The minimum absolute atomic E-state index is 0.325. The van der Waals surface area contributed by atoms with E-state index in [0.717, 1.165) is 23.6 Å². The van der Waals surface area contributed by atoms with E-state index in [1.165, 1.54) is 23.4 Å². The lowest BCUT2D eigenvalue weighted by Crippen LogP contribution is -2.19. The zero-order valence-electron chi connectivity index (χ0n) is 9.66. The molecule has 0 spiro atoms. The molecular weight excluding hydrogens is 251 g/mol. The summed E-state index contributed by atoms with van der Waals surface area (Å²) in [6, 6.07) is 9.40. The molecule has 0 fully saturated rings. The van der Waals surface area contributed by atoms with Gasteiger partial charge < -0.3 is 5.32 Å². The Balaban J connectivity index is 1.72. The van der Waals surface area contributed by atoms with Gasteiger partial charge in [-0.1, -0.05) is 17.7 Å². The second-order valence-corrected chi connectivity index (χ2v) is 4.97. The maximum absolute atomic E-state index is 12.7. The van der Waals surface area contributed by atoms with Gasteiger partial charge in [-0.3, -0.25) is 0 Å². The van der Waals surface area contributed by atoms with Crippen LogP contribution in [0.15, 0.2) is 36.5 Å². The van der Waals surface area contributed by atoms with Crippen LogP contribution in [0, 0.1) is 5.95 Å². The first-order valence-electron chi connectivity index (χ1n) is 5.86. The number of halogens is 2. The Morgan fingerprint density at radius 1 is 1.17 bits per heavy atom. The van der Waals surface area contributed by atoms with Crippen LogP contribution < -0.4 is 5.32 Å². The van der Waals surface area contributed by atoms with Gasteiger partial charge in [-0.15, -0.1) is 0 Å². The molecule has 3 rings (SSSR count). The van der Waals surface area contributed by atoms with Gasteiger partial charge in [0.25, 0.3) is 0 Å². The molecule has 0 bridgehead atoms. The van der Waals surface area contributed by atoms with Crippen molar-refractivity contribution in [2.24, 2.45) is 0 Å². The summed E-state index contributed by atoms with van der Waals surface area (Å²) in [6.45, 7) is 0.